The van der Waals surface area contributed by atoms with Gasteiger partial charge in [0, 0.05) is 12.1 Å². The quantitative estimate of drug-likeness (QED) is 0.454. The average Bonchev–Trinajstić information content (AvgIpc) is 2.73. The fourth-order valence-electron chi connectivity index (χ4n) is 3.46. The number of carbonyl (C=O) groups excluding carboxylic acids is 1. The number of non-ortho nitro benzene ring substituents is 1. The maximum absolute atomic E-state index is 12.7. The largest absolute Gasteiger partial charge is 0.463 e. The van der Waals surface area contributed by atoms with Crippen LogP contribution in [0.1, 0.15) is 25.3 Å². The van der Waals surface area contributed by atoms with E-state index >= 15 is 0 Å². The Balaban J connectivity index is 2.26. The van der Waals surface area contributed by atoms with Gasteiger partial charge in [-0.15, -0.1) is 0 Å². The molecule has 0 aliphatic carbocycles. The summed E-state index contributed by atoms with van der Waals surface area (Å²) in [7, 11) is 0. The summed E-state index contributed by atoms with van der Waals surface area (Å²) in [5.74, 6) is -1.31. The maximum atomic E-state index is 12.7. The molecule has 1 aliphatic rings. The van der Waals surface area contributed by atoms with Crippen molar-refractivity contribution in [1.29, 1.82) is 5.26 Å². The Hall–Kier alpha value is -4.12. The highest BCUT2D eigenvalue weighted by Gasteiger charge is 2.37. The molecule has 2 aromatic carbocycles. The van der Waals surface area contributed by atoms with Crippen molar-refractivity contribution in [2.75, 3.05) is 6.61 Å². The molecule has 152 valence electrons. The molecule has 0 amide bonds. The summed E-state index contributed by atoms with van der Waals surface area (Å²) in [6.45, 7) is 3.41. The van der Waals surface area contributed by atoms with E-state index < -0.39 is 16.8 Å². The normalized spacial score (nSPS) is 16.0. The SMILES string of the molecule is CCOC(=O)C1=C(C)OC(N)=C(C#N)C1c1ccccc1-c1cccc([N+](=O)[O-])c1. The molecule has 0 bridgehead atoms. The van der Waals surface area contributed by atoms with Gasteiger partial charge in [0.15, 0.2) is 0 Å². The lowest BCUT2D eigenvalue weighted by Gasteiger charge is -2.28. The number of carbonyl (C=O) groups is 1. The van der Waals surface area contributed by atoms with Crippen LogP contribution in [0.15, 0.2) is 71.3 Å². The van der Waals surface area contributed by atoms with Gasteiger partial charge in [-0.2, -0.15) is 5.26 Å². The Bertz CT molecular complexity index is 1130. The standard InChI is InChI=1S/C22H19N3O5/c1-3-29-22(26)19-13(2)30-21(24)18(12-23)20(19)17-10-5-4-9-16(17)14-7-6-8-15(11-14)25(27)28/h4-11,20H,3,24H2,1-2H3. The van der Waals surface area contributed by atoms with E-state index in [2.05, 4.69) is 0 Å². The number of nitrogens with zero attached hydrogens (tertiary/aromatic N) is 2. The van der Waals surface area contributed by atoms with E-state index in [-0.39, 0.29) is 35.1 Å². The third-order valence-corrected chi connectivity index (χ3v) is 4.74. The minimum atomic E-state index is -0.835. The number of ether oxygens (including phenoxy) is 2. The van der Waals surface area contributed by atoms with Crippen LogP contribution in [0.25, 0.3) is 11.1 Å². The first-order valence-corrected chi connectivity index (χ1v) is 9.18. The van der Waals surface area contributed by atoms with Gasteiger partial charge in [0.05, 0.1) is 23.0 Å². The Labute approximate surface area is 173 Å². The number of nitrogens with two attached hydrogens (primary N) is 1. The van der Waals surface area contributed by atoms with E-state index in [0.29, 0.717) is 16.7 Å². The lowest BCUT2D eigenvalue weighted by atomic mass is 9.79. The van der Waals surface area contributed by atoms with E-state index in [1.165, 1.54) is 12.1 Å². The Kier molecular flexibility index (Phi) is 5.83. The summed E-state index contributed by atoms with van der Waals surface area (Å²) in [6, 6.07) is 15.2. The monoisotopic (exact) mass is 405 g/mol. The summed E-state index contributed by atoms with van der Waals surface area (Å²) in [5.41, 5.74) is 7.91. The van der Waals surface area contributed by atoms with Crippen molar-refractivity contribution >= 4 is 11.7 Å². The second-order valence-corrected chi connectivity index (χ2v) is 6.51. The van der Waals surface area contributed by atoms with Crippen LogP contribution in [-0.4, -0.2) is 17.5 Å². The first kappa shape index (κ1) is 20.6. The number of rotatable bonds is 5. The van der Waals surface area contributed by atoms with Gasteiger partial charge in [-0.05, 0) is 30.5 Å². The molecule has 30 heavy (non-hydrogen) atoms. The summed E-state index contributed by atoms with van der Waals surface area (Å²) in [5, 5.41) is 21.0. The molecule has 0 saturated heterocycles. The Morgan fingerprint density at radius 1 is 1.30 bits per heavy atom. The molecule has 1 heterocycles. The molecular weight excluding hydrogens is 386 g/mol. The number of nitro groups is 1. The molecular formula is C22H19N3O5. The average molecular weight is 405 g/mol. The van der Waals surface area contributed by atoms with Crippen LogP contribution < -0.4 is 5.73 Å². The first-order chi connectivity index (χ1) is 14.4. The van der Waals surface area contributed by atoms with Crippen LogP contribution >= 0.6 is 0 Å². The molecule has 0 spiro atoms. The lowest BCUT2D eigenvalue weighted by Crippen LogP contribution is -2.25. The molecule has 0 radical (unpaired) electrons. The van der Waals surface area contributed by atoms with Gasteiger partial charge >= 0.3 is 5.97 Å². The molecule has 0 saturated carbocycles. The van der Waals surface area contributed by atoms with E-state index in [4.69, 9.17) is 15.2 Å². The molecule has 2 aromatic rings. The first-order valence-electron chi connectivity index (χ1n) is 9.18. The number of hydrogen-bond donors (Lipinski definition) is 1. The van der Waals surface area contributed by atoms with Crippen molar-refractivity contribution < 1.29 is 19.2 Å². The van der Waals surface area contributed by atoms with Crippen molar-refractivity contribution in [3.05, 3.63) is 87.0 Å². The summed E-state index contributed by atoms with van der Waals surface area (Å²) in [6.07, 6.45) is 0. The third kappa shape index (κ3) is 3.73. The minimum absolute atomic E-state index is 0.0674. The summed E-state index contributed by atoms with van der Waals surface area (Å²) >= 11 is 0. The van der Waals surface area contributed by atoms with Crippen molar-refractivity contribution in [3.63, 3.8) is 0 Å². The van der Waals surface area contributed by atoms with E-state index in [9.17, 15) is 20.2 Å². The second kappa shape index (κ2) is 8.49. The number of allylic oxidation sites excluding steroid dienone is 2. The van der Waals surface area contributed by atoms with Crippen LogP contribution in [0, 0.1) is 21.4 Å². The zero-order valence-electron chi connectivity index (χ0n) is 16.4. The summed E-state index contributed by atoms with van der Waals surface area (Å²) in [4.78, 5) is 23.5. The predicted molar refractivity (Wildman–Crippen MR) is 109 cm³/mol. The van der Waals surface area contributed by atoms with Gasteiger partial charge in [0.2, 0.25) is 5.88 Å². The summed E-state index contributed by atoms with van der Waals surface area (Å²) < 4.78 is 10.6. The zero-order chi connectivity index (χ0) is 21.8. The van der Waals surface area contributed by atoms with Gasteiger partial charge in [0.1, 0.15) is 17.4 Å². The topological polar surface area (TPSA) is 128 Å². The van der Waals surface area contributed by atoms with E-state index in [0.717, 1.165) is 0 Å². The molecule has 1 aliphatic heterocycles. The molecule has 2 N–H and O–H groups in total. The van der Waals surface area contributed by atoms with Crippen LogP contribution in [0.3, 0.4) is 0 Å². The van der Waals surface area contributed by atoms with Crippen LogP contribution in [0.4, 0.5) is 5.69 Å². The highest BCUT2D eigenvalue weighted by atomic mass is 16.6. The third-order valence-electron chi connectivity index (χ3n) is 4.74. The van der Waals surface area contributed by atoms with Gasteiger partial charge in [-0.1, -0.05) is 36.4 Å². The fraction of sp³-hybridized carbons (Fsp3) is 0.182. The number of nitro benzene ring substituents is 1. The van der Waals surface area contributed by atoms with Crippen molar-refractivity contribution in [2.45, 2.75) is 19.8 Å². The smallest absolute Gasteiger partial charge is 0.338 e. The number of nitriles is 1. The number of benzene rings is 2. The number of hydrogen-bond acceptors (Lipinski definition) is 7. The van der Waals surface area contributed by atoms with Crippen LogP contribution in [-0.2, 0) is 14.3 Å². The van der Waals surface area contributed by atoms with Gasteiger partial charge in [-0.3, -0.25) is 10.1 Å². The van der Waals surface area contributed by atoms with Crippen LogP contribution in [0.2, 0.25) is 0 Å². The molecule has 0 fully saturated rings. The van der Waals surface area contributed by atoms with Gasteiger partial charge in [-0.25, -0.2) is 4.79 Å². The Morgan fingerprint density at radius 2 is 2.03 bits per heavy atom. The minimum Gasteiger partial charge on any atom is -0.463 e. The highest BCUT2D eigenvalue weighted by Crippen LogP contribution is 2.43. The molecule has 8 nitrogen and oxygen atoms in total. The van der Waals surface area contributed by atoms with Crippen molar-refractivity contribution in [3.8, 4) is 17.2 Å². The predicted octanol–water partition coefficient (Wildman–Crippen LogP) is 3.91. The maximum Gasteiger partial charge on any atom is 0.338 e. The van der Waals surface area contributed by atoms with Gasteiger partial charge in [0.25, 0.3) is 5.69 Å². The zero-order valence-corrected chi connectivity index (χ0v) is 16.4. The highest BCUT2D eigenvalue weighted by molar-refractivity contribution is 5.93. The molecule has 1 unspecified atom stereocenters. The molecule has 1 atom stereocenters. The lowest BCUT2D eigenvalue weighted by molar-refractivity contribution is -0.384. The van der Waals surface area contributed by atoms with E-state index in [1.54, 1.807) is 50.2 Å². The molecule has 3 rings (SSSR count). The van der Waals surface area contributed by atoms with Gasteiger partial charge < -0.3 is 15.2 Å². The number of esters is 1. The van der Waals surface area contributed by atoms with Crippen molar-refractivity contribution in [1.82, 2.24) is 0 Å². The molecule has 8 heteroatoms. The fourth-order valence-corrected chi connectivity index (χ4v) is 3.46. The van der Waals surface area contributed by atoms with Crippen molar-refractivity contribution in [2.24, 2.45) is 5.73 Å². The Morgan fingerprint density at radius 3 is 2.70 bits per heavy atom. The van der Waals surface area contributed by atoms with E-state index in [1.807, 2.05) is 6.07 Å². The molecule has 0 aromatic heterocycles. The second-order valence-electron chi connectivity index (χ2n) is 6.51. The van der Waals surface area contributed by atoms with Crippen LogP contribution in [0.5, 0.6) is 0 Å².